The highest BCUT2D eigenvalue weighted by Crippen LogP contribution is 2.21. The van der Waals surface area contributed by atoms with Crippen molar-refractivity contribution in [2.45, 2.75) is 26.9 Å². The number of pyridine rings is 1. The van der Waals surface area contributed by atoms with E-state index in [1.165, 1.54) is 22.4 Å². The van der Waals surface area contributed by atoms with Gasteiger partial charge in [-0.15, -0.1) is 0 Å². The lowest BCUT2D eigenvalue weighted by Crippen LogP contribution is -2.17. The van der Waals surface area contributed by atoms with Gasteiger partial charge < -0.3 is 10.6 Å². The quantitative estimate of drug-likeness (QED) is 0.913. The van der Waals surface area contributed by atoms with E-state index in [9.17, 15) is 0 Å². The fraction of sp³-hybridized carbons (Fsp3) is 0.312. The second-order valence-electron chi connectivity index (χ2n) is 5.01. The minimum Gasteiger partial charge on any atom is -0.370 e. The van der Waals surface area contributed by atoms with Crippen LogP contribution in [-0.4, -0.2) is 12.0 Å². The van der Waals surface area contributed by atoms with Crippen LogP contribution in [0, 0.1) is 13.8 Å². The van der Waals surface area contributed by atoms with Gasteiger partial charge in [0, 0.05) is 32.0 Å². The van der Waals surface area contributed by atoms with E-state index >= 15 is 0 Å². The first-order valence-corrected chi connectivity index (χ1v) is 6.52. The summed E-state index contributed by atoms with van der Waals surface area (Å²) in [5.41, 5.74) is 11.7. The lowest BCUT2D eigenvalue weighted by Gasteiger charge is -2.22. The summed E-state index contributed by atoms with van der Waals surface area (Å²) < 4.78 is 0. The number of hydrogen-bond donors (Lipinski definition) is 1. The maximum Gasteiger partial charge on any atom is 0.0542 e. The van der Waals surface area contributed by atoms with Crippen LogP contribution in [0.15, 0.2) is 36.5 Å². The van der Waals surface area contributed by atoms with Gasteiger partial charge in [0.05, 0.1) is 5.69 Å². The molecule has 1 heterocycles. The molecule has 3 heteroatoms. The lowest BCUT2D eigenvalue weighted by atomic mass is 10.1. The summed E-state index contributed by atoms with van der Waals surface area (Å²) in [5, 5.41) is 0. The predicted molar refractivity (Wildman–Crippen MR) is 80.2 cm³/mol. The number of anilines is 1. The van der Waals surface area contributed by atoms with E-state index in [4.69, 9.17) is 5.73 Å². The van der Waals surface area contributed by atoms with Crippen LogP contribution in [0.4, 0.5) is 5.69 Å². The Balaban J connectivity index is 2.17. The van der Waals surface area contributed by atoms with Crippen molar-refractivity contribution in [2.24, 2.45) is 5.73 Å². The summed E-state index contributed by atoms with van der Waals surface area (Å²) in [5.74, 6) is 0. The molecule has 2 rings (SSSR count). The molecule has 0 radical (unpaired) electrons. The molecule has 0 unspecified atom stereocenters. The molecule has 0 fully saturated rings. The smallest absolute Gasteiger partial charge is 0.0542 e. The first-order valence-electron chi connectivity index (χ1n) is 6.52. The van der Waals surface area contributed by atoms with Crippen molar-refractivity contribution in [3.63, 3.8) is 0 Å². The van der Waals surface area contributed by atoms with Crippen LogP contribution in [0.3, 0.4) is 0 Å². The molecule has 100 valence electrons. The third-order valence-corrected chi connectivity index (χ3v) is 3.27. The van der Waals surface area contributed by atoms with Gasteiger partial charge in [0.25, 0.3) is 0 Å². The Morgan fingerprint density at radius 3 is 2.63 bits per heavy atom. The predicted octanol–water partition coefficient (Wildman–Crippen LogP) is 2.79. The normalized spacial score (nSPS) is 10.5. The molecule has 0 amide bonds. The Morgan fingerprint density at radius 1 is 1.16 bits per heavy atom. The Morgan fingerprint density at radius 2 is 1.95 bits per heavy atom. The van der Waals surface area contributed by atoms with Gasteiger partial charge in [-0.05, 0) is 43.2 Å². The highest BCUT2D eigenvalue weighted by molar-refractivity contribution is 5.54. The minimum absolute atomic E-state index is 0.487. The van der Waals surface area contributed by atoms with E-state index in [2.05, 4.69) is 55.0 Å². The fourth-order valence-corrected chi connectivity index (χ4v) is 2.33. The van der Waals surface area contributed by atoms with Crippen molar-refractivity contribution in [3.8, 4) is 0 Å². The molecule has 0 bridgehead atoms. The molecule has 0 saturated carbocycles. The fourth-order valence-electron chi connectivity index (χ4n) is 2.33. The van der Waals surface area contributed by atoms with Crippen molar-refractivity contribution < 1.29 is 0 Å². The van der Waals surface area contributed by atoms with Gasteiger partial charge in [0.15, 0.2) is 0 Å². The van der Waals surface area contributed by atoms with Gasteiger partial charge in [0.2, 0.25) is 0 Å². The van der Waals surface area contributed by atoms with E-state index in [0.29, 0.717) is 6.54 Å². The summed E-state index contributed by atoms with van der Waals surface area (Å²) in [4.78, 5) is 6.48. The second kappa shape index (κ2) is 5.85. The molecule has 0 aliphatic carbocycles. The van der Waals surface area contributed by atoms with Crippen LogP contribution in [0.5, 0.6) is 0 Å². The number of rotatable bonds is 4. The van der Waals surface area contributed by atoms with Crippen molar-refractivity contribution in [3.05, 3.63) is 58.9 Å². The molecular weight excluding hydrogens is 234 g/mol. The monoisotopic (exact) mass is 255 g/mol. The molecular formula is C16H21N3. The van der Waals surface area contributed by atoms with Crippen molar-refractivity contribution in [1.29, 1.82) is 0 Å². The van der Waals surface area contributed by atoms with Crippen molar-refractivity contribution in [2.75, 3.05) is 11.9 Å². The number of aryl methyl sites for hydroxylation is 2. The molecule has 0 aliphatic heterocycles. The SMILES string of the molecule is Cc1ccc(N(C)Cc2ccnc(CN)c2)c(C)c1. The second-order valence-corrected chi connectivity index (χ2v) is 5.01. The van der Waals surface area contributed by atoms with Gasteiger partial charge >= 0.3 is 0 Å². The van der Waals surface area contributed by atoms with E-state index in [-0.39, 0.29) is 0 Å². The molecule has 2 aromatic rings. The molecule has 3 nitrogen and oxygen atoms in total. The van der Waals surface area contributed by atoms with Gasteiger partial charge in [-0.25, -0.2) is 0 Å². The van der Waals surface area contributed by atoms with Crippen molar-refractivity contribution in [1.82, 2.24) is 4.98 Å². The number of hydrogen-bond acceptors (Lipinski definition) is 3. The Kier molecular flexibility index (Phi) is 4.17. The minimum atomic E-state index is 0.487. The van der Waals surface area contributed by atoms with E-state index in [0.717, 1.165) is 12.2 Å². The number of nitrogens with zero attached hydrogens (tertiary/aromatic N) is 2. The van der Waals surface area contributed by atoms with E-state index in [1.54, 1.807) is 0 Å². The molecule has 0 aliphatic rings. The van der Waals surface area contributed by atoms with Crippen LogP contribution in [-0.2, 0) is 13.1 Å². The van der Waals surface area contributed by atoms with Crippen LogP contribution < -0.4 is 10.6 Å². The topological polar surface area (TPSA) is 42.2 Å². The molecule has 1 aromatic carbocycles. The van der Waals surface area contributed by atoms with Crippen LogP contribution in [0.2, 0.25) is 0 Å². The number of benzene rings is 1. The molecule has 0 spiro atoms. The highest BCUT2D eigenvalue weighted by atomic mass is 15.1. The average molecular weight is 255 g/mol. The zero-order valence-corrected chi connectivity index (χ0v) is 11.9. The third kappa shape index (κ3) is 3.32. The van der Waals surface area contributed by atoms with E-state index in [1.807, 2.05) is 12.3 Å². The Hall–Kier alpha value is -1.87. The molecule has 19 heavy (non-hydrogen) atoms. The summed E-state index contributed by atoms with van der Waals surface area (Å²) in [7, 11) is 2.11. The average Bonchev–Trinajstić information content (AvgIpc) is 2.38. The Bertz CT molecular complexity index is 564. The summed E-state index contributed by atoms with van der Waals surface area (Å²) in [6.45, 7) is 5.62. The zero-order valence-electron chi connectivity index (χ0n) is 11.9. The summed E-state index contributed by atoms with van der Waals surface area (Å²) in [6.07, 6.45) is 1.83. The summed E-state index contributed by atoms with van der Waals surface area (Å²) in [6, 6.07) is 10.6. The largest absolute Gasteiger partial charge is 0.370 e. The maximum atomic E-state index is 5.63. The van der Waals surface area contributed by atoms with Crippen molar-refractivity contribution >= 4 is 5.69 Å². The number of aromatic nitrogens is 1. The molecule has 0 atom stereocenters. The highest BCUT2D eigenvalue weighted by Gasteiger charge is 2.06. The number of nitrogens with two attached hydrogens (primary N) is 1. The van der Waals surface area contributed by atoms with Gasteiger partial charge in [-0.2, -0.15) is 0 Å². The zero-order chi connectivity index (χ0) is 13.8. The van der Waals surface area contributed by atoms with Crippen LogP contribution in [0.25, 0.3) is 0 Å². The van der Waals surface area contributed by atoms with Crippen LogP contribution in [0.1, 0.15) is 22.4 Å². The molecule has 2 N–H and O–H groups in total. The first kappa shape index (κ1) is 13.6. The standard InChI is InChI=1S/C16H21N3/c1-12-4-5-16(13(2)8-12)19(3)11-14-6-7-18-15(9-14)10-17/h4-9H,10-11,17H2,1-3H3. The molecule has 1 aromatic heterocycles. The van der Waals surface area contributed by atoms with Gasteiger partial charge in [0.1, 0.15) is 0 Å². The Labute approximate surface area is 115 Å². The lowest BCUT2D eigenvalue weighted by molar-refractivity contribution is 0.898. The maximum absolute atomic E-state index is 5.63. The van der Waals surface area contributed by atoms with E-state index < -0.39 is 0 Å². The van der Waals surface area contributed by atoms with Gasteiger partial charge in [-0.3, -0.25) is 4.98 Å². The summed E-state index contributed by atoms with van der Waals surface area (Å²) >= 11 is 0. The molecule has 0 saturated heterocycles. The first-order chi connectivity index (χ1) is 9.10. The third-order valence-electron chi connectivity index (χ3n) is 3.27. The van der Waals surface area contributed by atoms with Gasteiger partial charge in [-0.1, -0.05) is 17.7 Å². The van der Waals surface area contributed by atoms with Crippen LogP contribution >= 0.6 is 0 Å².